The summed E-state index contributed by atoms with van der Waals surface area (Å²) in [5.41, 5.74) is 1.71. The van der Waals surface area contributed by atoms with Gasteiger partial charge in [0, 0.05) is 12.3 Å². The summed E-state index contributed by atoms with van der Waals surface area (Å²) in [5.74, 6) is -0.142. The molecule has 0 bridgehead atoms. The van der Waals surface area contributed by atoms with Gasteiger partial charge < -0.3 is 4.74 Å². The number of hydrogen-bond acceptors (Lipinski definition) is 3. The van der Waals surface area contributed by atoms with E-state index in [0.717, 1.165) is 6.42 Å². The van der Waals surface area contributed by atoms with Crippen molar-refractivity contribution in [3.63, 3.8) is 0 Å². The second-order valence-corrected chi connectivity index (χ2v) is 3.53. The molecule has 85 valence electrons. The molecule has 17 heavy (non-hydrogen) atoms. The number of pyridine rings is 1. The van der Waals surface area contributed by atoms with E-state index >= 15 is 0 Å². The van der Waals surface area contributed by atoms with Gasteiger partial charge in [-0.2, -0.15) is 0 Å². The summed E-state index contributed by atoms with van der Waals surface area (Å²) in [6.07, 6.45) is 2.48. The number of aryl methyl sites for hydroxylation is 1. The minimum Gasteiger partial charge on any atom is -0.404 e. The highest BCUT2D eigenvalue weighted by Gasteiger charge is 2.08. The van der Waals surface area contributed by atoms with Crippen LogP contribution in [0.5, 0.6) is 5.88 Å². The lowest BCUT2D eigenvalue weighted by molar-refractivity contribution is 0.0727. The summed E-state index contributed by atoms with van der Waals surface area (Å²) in [4.78, 5) is 15.6. The first-order valence-electron chi connectivity index (χ1n) is 5.43. The molecule has 0 saturated carbocycles. The largest absolute Gasteiger partial charge is 0.404 e. The van der Waals surface area contributed by atoms with Crippen molar-refractivity contribution >= 4 is 5.97 Å². The van der Waals surface area contributed by atoms with Gasteiger partial charge >= 0.3 is 5.97 Å². The minimum absolute atomic E-state index is 0.261. The Balaban J connectivity index is 2.09. The second-order valence-electron chi connectivity index (χ2n) is 3.53. The van der Waals surface area contributed by atoms with E-state index in [1.807, 2.05) is 12.1 Å². The third-order valence-corrected chi connectivity index (χ3v) is 2.37. The molecule has 0 saturated heterocycles. The number of carbonyl (C=O) groups is 1. The number of aromatic nitrogens is 1. The van der Waals surface area contributed by atoms with Crippen molar-refractivity contribution in [2.45, 2.75) is 13.3 Å². The fourth-order valence-corrected chi connectivity index (χ4v) is 1.40. The monoisotopic (exact) mass is 226 g/mol. The van der Waals surface area contributed by atoms with E-state index in [9.17, 15) is 4.79 Å². The SMILES string of the molecule is CCc1ccc(C(=O)Oc2c[c]ccn2)cc1. The van der Waals surface area contributed by atoms with E-state index in [4.69, 9.17) is 4.74 Å². The highest BCUT2D eigenvalue weighted by molar-refractivity contribution is 5.90. The molecule has 3 heteroatoms. The van der Waals surface area contributed by atoms with Gasteiger partial charge in [0.15, 0.2) is 0 Å². The standard InChI is InChI=1S/C14H12NO2/c1-2-11-6-8-12(9-7-11)14(16)17-13-5-3-4-10-15-13/h4-10H,2H2,1H3. The first-order valence-corrected chi connectivity index (χ1v) is 5.43. The zero-order chi connectivity index (χ0) is 12.1. The molecule has 1 heterocycles. The fourth-order valence-electron chi connectivity index (χ4n) is 1.40. The summed E-state index contributed by atoms with van der Waals surface area (Å²) in [6.45, 7) is 2.07. The van der Waals surface area contributed by atoms with Crippen LogP contribution < -0.4 is 4.74 Å². The van der Waals surface area contributed by atoms with Gasteiger partial charge in [-0.25, -0.2) is 9.78 Å². The smallest absolute Gasteiger partial charge is 0.344 e. The predicted molar refractivity (Wildman–Crippen MR) is 63.9 cm³/mol. The molecule has 0 spiro atoms. The minimum atomic E-state index is -0.403. The predicted octanol–water partition coefficient (Wildman–Crippen LogP) is 2.66. The van der Waals surface area contributed by atoms with Crippen LogP contribution in [0, 0.1) is 6.07 Å². The Hall–Kier alpha value is -2.16. The lowest BCUT2D eigenvalue weighted by Crippen LogP contribution is -2.09. The third-order valence-electron chi connectivity index (χ3n) is 2.37. The van der Waals surface area contributed by atoms with E-state index in [-0.39, 0.29) is 5.88 Å². The van der Waals surface area contributed by atoms with Crippen LogP contribution in [0.3, 0.4) is 0 Å². The Morgan fingerprint density at radius 2 is 2.12 bits per heavy atom. The van der Waals surface area contributed by atoms with Gasteiger partial charge in [0.1, 0.15) is 0 Å². The summed E-state index contributed by atoms with van der Waals surface area (Å²) in [5, 5.41) is 0. The van der Waals surface area contributed by atoms with E-state index in [0.29, 0.717) is 5.56 Å². The van der Waals surface area contributed by atoms with Crippen LogP contribution in [0.15, 0.2) is 42.6 Å². The quantitative estimate of drug-likeness (QED) is 0.755. The Labute approximate surface area is 100 Å². The zero-order valence-electron chi connectivity index (χ0n) is 9.51. The van der Waals surface area contributed by atoms with Gasteiger partial charge in [-0.15, -0.1) is 0 Å². The van der Waals surface area contributed by atoms with Crippen LogP contribution in [0.25, 0.3) is 0 Å². The van der Waals surface area contributed by atoms with Crippen molar-refractivity contribution in [2.24, 2.45) is 0 Å². The molecule has 0 aliphatic heterocycles. The van der Waals surface area contributed by atoms with Gasteiger partial charge in [0.05, 0.1) is 5.56 Å². The van der Waals surface area contributed by atoms with Crippen molar-refractivity contribution in [2.75, 3.05) is 0 Å². The molecule has 0 fully saturated rings. The van der Waals surface area contributed by atoms with E-state index in [1.54, 1.807) is 18.2 Å². The molecule has 0 amide bonds. The van der Waals surface area contributed by atoms with Gasteiger partial charge in [0.2, 0.25) is 5.88 Å². The van der Waals surface area contributed by atoms with Crippen molar-refractivity contribution in [1.29, 1.82) is 0 Å². The van der Waals surface area contributed by atoms with Crippen molar-refractivity contribution in [3.8, 4) is 5.88 Å². The van der Waals surface area contributed by atoms with Crippen molar-refractivity contribution in [1.82, 2.24) is 4.98 Å². The third kappa shape index (κ3) is 2.91. The molecule has 0 N–H and O–H groups in total. The van der Waals surface area contributed by atoms with E-state index in [2.05, 4.69) is 18.0 Å². The van der Waals surface area contributed by atoms with Crippen LogP contribution in [0.4, 0.5) is 0 Å². The summed E-state index contributed by atoms with van der Waals surface area (Å²) in [6, 6.07) is 13.3. The molecule has 0 unspecified atom stereocenters. The average molecular weight is 226 g/mol. The van der Waals surface area contributed by atoms with Crippen LogP contribution in [0.2, 0.25) is 0 Å². The van der Waals surface area contributed by atoms with Crippen molar-refractivity contribution in [3.05, 3.63) is 59.8 Å². The van der Waals surface area contributed by atoms with E-state index in [1.165, 1.54) is 17.8 Å². The Morgan fingerprint density at radius 1 is 1.35 bits per heavy atom. The van der Waals surface area contributed by atoms with Gasteiger partial charge in [0.25, 0.3) is 0 Å². The maximum absolute atomic E-state index is 11.7. The first kappa shape index (κ1) is 11.3. The van der Waals surface area contributed by atoms with Gasteiger partial charge in [-0.05, 0) is 36.2 Å². The number of nitrogens with zero attached hydrogens (tertiary/aromatic N) is 1. The molecule has 1 aromatic carbocycles. The number of rotatable bonds is 3. The molecule has 2 aromatic rings. The highest BCUT2D eigenvalue weighted by Crippen LogP contribution is 2.09. The molecule has 3 nitrogen and oxygen atoms in total. The number of ether oxygens (including phenoxy) is 1. The lowest BCUT2D eigenvalue weighted by atomic mass is 10.1. The Bertz CT molecular complexity index is 491. The fraction of sp³-hybridized carbons (Fsp3) is 0.143. The number of carbonyl (C=O) groups excluding carboxylic acids is 1. The topological polar surface area (TPSA) is 39.2 Å². The Morgan fingerprint density at radius 3 is 2.71 bits per heavy atom. The number of hydrogen-bond donors (Lipinski definition) is 0. The average Bonchev–Trinajstić information content (AvgIpc) is 2.40. The normalized spacial score (nSPS) is 9.94. The Kier molecular flexibility index (Phi) is 3.50. The molecule has 1 radical (unpaired) electrons. The van der Waals surface area contributed by atoms with E-state index < -0.39 is 5.97 Å². The molecular formula is C14H12NO2. The maximum atomic E-state index is 11.7. The zero-order valence-corrected chi connectivity index (χ0v) is 9.51. The molecule has 2 rings (SSSR count). The summed E-state index contributed by atoms with van der Waals surface area (Å²) < 4.78 is 5.09. The summed E-state index contributed by atoms with van der Waals surface area (Å²) in [7, 11) is 0. The number of esters is 1. The molecule has 0 aliphatic rings. The summed E-state index contributed by atoms with van der Waals surface area (Å²) >= 11 is 0. The van der Waals surface area contributed by atoms with Crippen LogP contribution in [0.1, 0.15) is 22.8 Å². The van der Waals surface area contributed by atoms with Gasteiger partial charge in [-0.1, -0.05) is 19.1 Å². The van der Waals surface area contributed by atoms with Crippen LogP contribution in [-0.2, 0) is 6.42 Å². The number of benzene rings is 1. The highest BCUT2D eigenvalue weighted by atomic mass is 16.5. The second kappa shape index (κ2) is 5.25. The van der Waals surface area contributed by atoms with Gasteiger partial charge in [-0.3, -0.25) is 0 Å². The van der Waals surface area contributed by atoms with Crippen molar-refractivity contribution < 1.29 is 9.53 Å². The molecule has 0 atom stereocenters. The molecule has 1 aromatic heterocycles. The molecular weight excluding hydrogens is 214 g/mol. The van der Waals surface area contributed by atoms with Crippen LogP contribution >= 0.6 is 0 Å². The first-order chi connectivity index (χ1) is 8.29. The molecule has 0 aliphatic carbocycles. The van der Waals surface area contributed by atoms with Crippen LogP contribution in [-0.4, -0.2) is 11.0 Å². The maximum Gasteiger partial charge on any atom is 0.344 e. The lowest BCUT2D eigenvalue weighted by Gasteiger charge is -2.03.